The average molecular weight is 242 g/mol. The van der Waals surface area contributed by atoms with E-state index in [4.69, 9.17) is 4.74 Å². The number of hydrogen-bond acceptors (Lipinski definition) is 4. The minimum atomic E-state index is -0.453. The van der Waals surface area contributed by atoms with Crippen molar-refractivity contribution in [1.29, 1.82) is 0 Å². The van der Waals surface area contributed by atoms with Gasteiger partial charge >= 0.3 is 0 Å². The van der Waals surface area contributed by atoms with Gasteiger partial charge in [-0.15, -0.1) is 0 Å². The van der Waals surface area contributed by atoms with Crippen molar-refractivity contribution >= 4 is 11.8 Å². The van der Waals surface area contributed by atoms with Crippen LogP contribution in [0.3, 0.4) is 0 Å². The van der Waals surface area contributed by atoms with Crippen molar-refractivity contribution in [1.82, 2.24) is 4.98 Å². The molecule has 90 valence electrons. The van der Waals surface area contributed by atoms with E-state index in [0.717, 1.165) is 5.56 Å². The molecule has 0 spiro atoms. The summed E-state index contributed by atoms with van der Waals surface area (Å²) in [7, 11) is 0. The maximum absolute atomic E-state index is 10.5. The van der Waals surface area contributed by atoms with E-state index in [1.54, 1.807) is 36.7 Å². The molecule has 0 atom stereocenters. The van der Waals surface area contributed by atoms with Gasteiger partial charge in [-0.1, -0.05) is 12.7 Å². The molecule has 0 amide bonds. The van der Waals surface area contributed by atoms with E-state index in [9.17, 15) is 10.1 Å². The third kappa shape index (κ3) is 2.52. The molecule has 5 nitrogen and oxygen atoms in total. The Hall–Kier alpha value is -2.69. The first kappa shape index (κ1) is 11.8. The number of hydrogen-bond donors (Lipinski definition) is 0. The summed E-state index contributed by atoms with van der Waals surface area (Å²) in [5.74, 6) is 1.13. The number of aromatic nitrogens is 1. The van der Waals surface area contributed by atoms with Gasteiger partial charge in [-0.3, -0.25) is 15.1 Å². The van der Waals surface area contributed by atoms with Crippen molar-refractivity contribution in [2.24, 2.45) is 0 Å². The van der Waals surface area contributed by atoms with Crippen LogP contribution >= 0.6 is 0 Å². The highest BCUT2D eigenvalue weighted by molar-refractivity contribution is 5.55. The van der Waals surface area contributed by atoms with Crippen LogP contribution in [-0.4, -0.2) is 9.91 Å². The molecular formula is C13H10N2O3. The minimum absolute atomic E-state index is 0.0287. The highest BCUT2D eigenvalue weighted by Crippen LogP contribution is 2.26. The van der Waals surface area contributed by atoms with Crippen molar-refractivity contribution in [2.75, 3.05) is 0 Å². The molecule has 0 radical (unpaired) electrons. The maximum Gasteiger partial charge on any atom is 0.269 e. The molecule has 18 heavy (non-hydrogen) atoms. The number of rotatable bonds is 4. The van der Waals surface area contributed by atoms with E-state index in [-0.39, 0.29) is 5.69 Å². The van der Waals surface area contributed by atoms with Crippen LogP contribution in [0.4, 0.5) is 5.69 Å². The van der Waals surface area contributed by atoms with E-state index in [1.165, 1.54) is 12.1 Å². The van der Waals surface area contributed by atoms with E-state index in [2.05, 4.69) is 11.6 Å². The van der Waals surface area contributed by atoms with E-state index in [0.29, 0.717) is 11.5 Å². The Kier molecular flexibility index (Phi) is 3.33. The summed E-state index contributed by atoms with van der Waals surface area (Å²) in [6, 6.07) is 7.59. The normalized spacial score (nSPS) is 9.78. The molecule has 0 aliphatic heterocycles. The van der Waals surface area contributed by atoms with Crippen molar-refractivity contribution in [3.8, 4) is 11.5 Å². The number of nitro groups is 1. The zero-order valence-electron chi connectivity index (χ0n) is 9.45. The standard InChI is InChI=1S/C13H10N2O3/c1-2-10-9-14-8-7-13(10)18-12-5-3-11(4-6-12)15(16)17/h2-9H,1H2. The monoisotopic (exact) mass is 242 g/mol. The van der Waals surface area contributed by atoms with Gasteiger partial charge in [0.25, 0.3) is 5.69 Å². The van der Waals surface area contributed by atoms with Crippen molar-refractivity contribution in [3.63, 3.8) is 0 Å². The fourth-order valence-electron chi connectivity index (χ4n) is 1.40. The molecule has 0 saturated heterocycles. The van der Waals surface area contributed by atoms with Gasteiger partial charge in [-0.2, -0.15) is 0 Å². The second-order valence-corrected chi connectivity index (χ2v) is 3.47. The van der Waals surface area contributed by atoms with Crippen LogP contribution in [0.15, 0.2) is 49.3 Å². The molecule has 1 aromatic heterocycles. The number of benzene rings is 1. The SMILES string of the molecule is C=Cc1cnccc1Oc1ccc([N+](=O)[O-])cc1. The number of nitro benzene ring substituents is 1. The first-order chi connectivity index (χ1) is 8.70. The lowest BCUT2D eigenvalue weighted by atomic mass is 10.2. The van der Waals surface area contributed by atoms with Crippen LogP contribution < -0.4 is 4.74 Å². The van der Waals surface area contributed by atoms with E-state index >= 15 is 0 Å². The van der Waals surface area contributed by atoms with Crippen LogP contribution in [0, 0.1) is 10.1 Å². The summed E-state index contributed by atoms with van der Waals surface area (Å²) in [6.07, 6.45) is 4.87. The Morgan fingerprint density at radius 2 is 2.00 bits per heavy atom. The van der Waals surface area contributed by atoms with Gasteiger partial charge in [0.05, 0.1) is 4.92 Å². The number of nitrogens with zero attached hydrogens (tertiary/aromatic N) is 2. The molecule has 0 N–H and O–H groups in total. The molecule has 0 unspecified atom stereocenters. The van der Waals surface area contributed by atoms with E-state index in [1.807, 2.05) is 0 Å². The lowest BCUT2D eigenvalue weighted by molar-refractivity contribution is -0.384. The quantitative estimate of drug-likeness (QED) is 0.608. The predicted octanol–water partition coefficient (Wildman–Crippen LogP) is 3.43. The second-order valence-electron chi connectivity index (χ2n) is 3.47. The number of pyridine rings is 1. The summed E-state index contributed by atoms with van der Waals surface area (Å²) >= 11 is 0. The van der Waals surface area contributed by atoms with Gasteiger partial charge in [0.1, 0.15) is 11.5 Å². The minimum Gasteiger partial charge on any atom is -0.457 e. The van der Waals surface area contributed by atoms with Crippen LogP contribution in [0.25, 0.3) is 6.08 Å². The highest BCUT2D eigenvalue weighted by atomic mass is 16.6. The zero-order chi connectivity index (χ0) is 13.0. The van der Waals surface area contributed by atoms with Gasteiger partial charge in [-0.05, 0) is 18.2 Å². The summed E-state index contributed by atoms with van der Waals surface area (Å²) in [5.41, 5.74) is 0.789. The fraction of sp³-hybridized carbons (Fsp3) is 0. The summed E-state index contributed by atoms with van der Waals surface area (Å²) < 4.78 is 5.60. The Labute approximate surface area is 104 Å². The molecule has 0 aliphatic rings. The topological polar surface area (TPSA) is 65.3 Å². The summed E-state index contributed by atoms with van der Waals surface area (Å²) in [6.45, 7) is 3.66. The molecule has 2 rings (SSSR count). The molecule has 0 fully saturated rings. The third-order valence-electron chi connectivity index (χ3n) is 2.31. The van der Waals surface area contributed by atoms with Crippen molar-refractivity contribution in [3.05, 3.63) is 65.0 Å². The van der Waals surface area contributed by atoms with Crippen LogP contribution in [0.1, 0.15) is 5.56 Å². The Balaban J connectivity index is 2.23. The van der Waals surface area contributed by atoms with E-state index < -0.39 is 4.92 Å². The Bertz CT molecular complexity index is 579. The molecule has 0 aliphatic carbocycles. The van der Waals surface area contributed by atoms with Gasteiger partial charge in [0.2, 0.25) is 0 Å². The predicted molar refractivity (Wildman–Crippen MR) is 67.5 cm³/mol. The zero-order valence-corrected chi connectivity index (χ0v) is 9.45. The average Bonchev–Trinajstić information content (AvgIpc) is 2.40. The molecule has 1 heterocycles. The number of non-ortho nitro benzene ring substituents is 1. The lowest BCUT2D eigenvalue weighted by Gasteiger charge is -2.07. The van der Waals surface area contributed by atoms with Crippen LogP contribution in [-0.2, 0) is 0 Å². The smallest absolute Gasteiger partial charge is 0.269 e. The van der Waals surface area contributed by atoms with Gasteiger partial charge in [0.15, 0.2) is 0 Å². The first-order valence-electron chi connectivity index (χ1n) is 5.19. The molecule has 0 bridgehead atoms. The molecule has 0 saturated carbocycles. The van der Waals surface area contributed by atoms with Crippen molar-refractivity contribution in [2.45, 2.75) is 0 Å². The summed E-state index contributed by atoms with van der Waals surface area (Å²) in [5, 5.41) is 10.5. The van der Waals surface area contributed by atoms with Crippen LogP contribution in [0.2, 0.25) is 0 Å². The lowest BCUT2D eigenvalue weighted by Crippen LogP contribution is -1.90. The largest absolute Gasteiger partial charge is 0.457 e. The second kappa shape index (κ2) is 5.09. The fourth-order valence-corrected chi connectivity index (χ4v) is 1.40. The van der Waals surface area contributed by atoms with Crippen molar-refractivity contribution < 1.29 is 9.66 Å². The third-order valence-corrected chi connectivity index (χ3v) is 2.31. The highest BCUT2D eigenvalue weighted by Gasteiger charge is 2.06. The van der Waals surface area contributed by atoms with Gasteiger partial charge in [-0.25, -0.2) is 0 Å². The first-order valence-corrected chi connectivity index (χ1v) is 5.19. The molecular weight excluding hydrogens is 232 g/mol. The van der Waals surface area contributed by atoms with Crippen LogP contribution in [0.5, 0.6) is 11.5 Å². The number of ether oxygens (including phenoxy) is 1. The molecule has 1 aromatic carbocycles. The molecule has 5 heteroatoms. The maximum atomic E-state index is 10.5. The Morgan fingerprint density at radius 3 is 2.61 bits per heavy atom. The van der Waals surface area contributed by atoms with Gasteiger partial charge < -0.3 is 4.74 Å². The molecule has 2 aromatic rings. The van der Waals surface area contributed by atoms with Gasteiger partial charge in [0, 0.05) is 30.1 Å². The Morgan fingerprint density at radius 1 is 1.28 bits per heavy atom. The summed E-state index contributed by atoms with van der Waals surface area (Å²) in [4.78, 5) is 14.0.